The molecule has 0 unspecified atom stereocenters. The van der Waals surface area contributed by atoms with Crippen LogP contribution in [0.3, 0.4) is 0 Å². The van der Waals surface area contributed by atoms with Gasteiger partial charge in [-0.3, -0.25) is 19.1 Å². The molecule has 9 nitrogen and oxygen atoms in total. The zero-order chi connectivity index (χ0) is 32.2. The summed E-state index contributed by atoms with van der Waals surface area (Å²) in [7, 11) is 0. The van der Waals surface area contributed by atoms with Crippen molar-refractivity contribution >= 4 is 23.7 Å². The Bertz CT molecular complexity index is 1740. The first-order valence-corrected chi connectivity index (χ1v) is 13.9. The molecular weight excluding hydrogens is 565 g/mol. The summed E-state index contributed by atoms with van der Waals surface area (Å²) in [6.45, 7) is 6.54. The van der Waals surface area contributed by atoms with Crippen LogP contribution in [0.2, 0.25) is 0 Å². The van der Waals surface area contributed by atoms with Crippen LogP contribution < -0.4 is 11.3 Å². The van der Waals surface area contributed by atoms with Gasteiger partial charge in [0.05, 0.1) is 11.3 Å². The van der Waals surface area contributed by atoms with Gasteiger partial charge in [0, 0.05) is 24.6 Å². The highest BCUT2D eigenvalue weighted by molar-refractivity contribution is 6.11. The lowest BCUT2D eigenvalue weighted by Gasteiger charge is -2.31. The number of carboxylic acids is 1. The van der Waals surface area contributed by atoms with E-state index < -0.39 is 40.9 Å². The molecule has 10 heteroatoms. The third-order valence-corrected chi connectivity index (χ3v) is 6.90. The quantitative estimate of drug-likeness (QED) is 0.242. The number of aryl methyl sites for hydroxylation is 1. The number of nitrogens with zero attached hydrogens (tertiary/aromatic N) is 2. The Morgan fingerprint density at radius 1 is 0.955 bits per heavy atom. The van der Waals surface area contributed by atoms with Crippen molar-refractivity contribution in [3.05, 3.63) is 129 Å². The van der Waals surface area contributed by atoms with Crippen LogP contribution in [0.25, 0.3) is 5.69 Å². The number of halogens is 1. The molecule has 0 fully saturated rings. The monoisotopic (exact) mass is 599 g/mol. The third kappa shape index (κ3) is 7.38. The van der Waals surface area contributed by atoms with Crippen molar-refractivity contribution in [2.75, 3.05) is 5.73 Å². The van der Waals surface area contributed by atoms with E-state index in [9.17, 15) is 28.7 Å². The largest absolute Gasteiger partial charge is 0.480 e. The van der Waals surface area contributed by atoms with Crippen molar-refractivity contribution in [3.63, 3.8) is 0 Å². The van der Waals surface area contributed by atoms with E-state index in [1.807, 2.05) is 6.07 Å². The molecule has 3 aromatic carbocycles. The van der Waals surface area contributed by atoms with Gasteiger partial charge in [-0.1, -0.05) is 42.5 Å². The number of anilines is 1. The molecule has 44 heavy (non-hydrogen) atoms. The number of nitrogen functional groups attached to an aromatic ring is 1. The summed E-state index contributed by atoms with van der Waals surface area (Å²) in [5, 5.41) is 10.1. The maximum atomic E-state index is 13.8. The van der Waals surface area contributed by atoms with Gasteiger partial charge in [-0.25, -0.2) is 14.0 Å². The molecule has 0 saturated carbocycles. The standard InChI is InChI=1S/C34H34FN3O6/c1-21-18-24(12-16-27(21)35)30(40)26-15-17-29(39)38(31(26)36)25-13-10-23(11-14-25)20-37(33(43)44-34(2,3)4)28(32(41)42)19-22-8-6-5-7-9-22/h5-18,28H,19-20,36H2,1-4H3,(H,41,42)/t28-/m0/s1. The first-order chi connectivity index (χ1) is 20.7. The molecule has 1 amide bonds. The maximum Gasteiger partial charge on any atom is 0.411 e. The summed E-state index contributed by atoms with van der Waals surface area (Å²) in [4.78, 5) is 52.9. The fraction of sp³-hybridized carbons (Fsp3) is 0.235. The molecular formula is C34H34FN3O6. The Balaban J connectivity index is 1.66. The average molecular weight is 600 g/mol. The Morgan fingerprint density at radius 3 is 2.20 bits per heavy atom. The lowest BCUT2D eigenvalue weighted by molar-refractivity contribution is -0.143. The minimum Gasteiger partial charge on any atom is -0.480 e. The molecule has 0 spiro atoms. The molecule has 1 aromatic heterocycles. The van der Waals surface area contributed by atoms with E-state index in [-0.39, 0.29) is 29.9 Å². The number of carbonyl (C=O) groups excluding carboxylic acids is 2. The van der Waals surface area contributed by atoms with Gasteiger partial charge < -0.3 is 15.6 Å². The van der Waals surface area contributed by atoms with Crippen LogP contribution in [0, 0.1) is 12.7 Å². The van der Waals surface area contributed by atoms with Crippen LogP contribution >= 0.6 is 0 Å². The van der Waals surface area contributed by atoms with Gasteiger partial charge in [-0.05, 0) is 80.8 Å². The minimum absolute atomic E-state index is 0.0633. The lowest BCUT2D eigenvalue weighted by Crippen LogP contribution is -2.47. The van der Waals surface area contributed by atoms with Gasteiger partial charge in [-0.2, -0.15) is 0 Å². The Hall–Kier alpha value is -5.25. The fourth-order valence-corrected chi connectivity index (χ4v) is 4.69. The van der Waals surface area contributed by atoms with Crippen molar-refractivity contribution in [1.82, 2.24) is 9.47 Å². The van der Waals surface area contributed by atoms with E-state index in [1.54, 1.807) is 76.2 Å². The van der Waals surface area contributed by atoms with Crippen molar-refractivity contribution < 1.29 is 28.6 Å². The highest BCUT2D eigenvalue weighted by Crippen LogP contribution is 2.23. The number of amides is 1. The van der Waals surface area contributed by atoms with Crippen molar-refractivity contribution in [1.29, 1.82) is 0 Å². The predicted octanol–water partition coefficient (Wildman–Crippen LogP) is 5.53. The smallest absolute Gasteiger partial charge is 0.411 e. The number of aromatic nitrogens is 1. The second-order valence-corrected chi connectivity index (χ2v) is 11.4. The number of ketones is 1. The van der Waals surface area contributed by atoms with Crippen molar-refractivity contribution in [3.8, 4) is 5.69 Å². The number of hydrogen-bond acceptors (Lipinski definition) is 6. The average Bonchev–Trinajstić information content (AvgIpc) is 2.96. The van der Waals surface area contributed by atoms with Crippen LogP contribution in [0.4, 0.5) is 15.0 Å². The number of ether oxygens (including phenoxy) is 1. The van der Waals surface area contributed by atoms with Gasteiger partial charge in [0.15, 0.2) is 5.78 Å². The lowest BCUT2D eigenvalue weighted by atomic mass is 10.0. The number of rotatable bonds is 9. The van der Waals surface area contributed by atoms with Gasteiger partial charge in [0.25, 0.3) is 5.56 Å². The number of hydrogen-bond donors (Lipinski definition) is 2. The van der Waals surface area contributed by atoms with E-state index in [0.717, 1.165) is 5.56 Å². The molecule has 1 atom stereocenters. The SMILES string of the molecule is Cc1cc(C(=O)c2ccc(=O)n(-c3ccc(CN(C(=O)OC(C)(C)C)[C@@H](Cc4ccccc4)C(=O)O)cc3)c2N)ccc1F. The zero-order valence-corrected chi connectivity index (χ0v) is 24.9. The summed E-state index contributed by atoms with van der Waals surface area (Å²) in [6.07, 6.45) is -0.721. The molecule has 0 aliphatic rings. The Kier molecular flexibility index (Phi) is 9.32. The molecule has 0 aliphatic heterocycles. The minimum atomic E-state index is -1.22. The Morgan fingerprint density at radius 2 is 1.61 bits per heavy atom. The van der Waals surface area contributed by atoms with Gasteiger partial charge in [0.1, 0.15) is 23.3 Å². The molecule has 0 radical (unpaired) electrons. The van der Waals surface area contributed by atoms with E-state index in [4.69, 9.17) is 10.5 Å². The van der Waals surface area contributed by atoms with Crippen LogP contribution in [0.15, 0.2) is 89.7 Å². The van der Waals surface area contributed by atoms with E-state index in [0.29, 0.717) is 16.8 Å². The third-order valence-electron chi connectivity index (χ3n) is 6.90. The molecule has 3 N–H and O–H groups in total. The highest BCUT2D eigenvalue weighted by atomic mass is 19.1. The molecule has 0 bridgehead atoms. The molecule has 0 saturated heterocycles. The molecule has 4 rings (SSSR count). The zero-order valence-electron chi connectivity index (χ0n) is 24.9. The summed E-state index contributed by atoms with van der Waals surface area (Å²) in [5.41, 5.74) is 7.23. The first-order valence-electron chi connectivity index (χ1n) is 13.9. The van der Waals surface area contributed by atoms with E-state index in [1.165, 1.54) is 39.8 Å². The maximum absolute atomic E-state index is 13.8. The number of benzene rings is 3. The summed E-state index contributed by atoms with van der Waals surface area (Å²) in [5.74, 6) is -2.20. The molecule has 4 aromatic rings. The van der Waals surface area contributed by atoms with E-state index >= 15 is 0 Å². The van der Waals surface area contributed by atoms with Crippen LogP contribution in [-0.2, 0) is 22.5 Å². The number of nitrogens with two attached hydrogens (primary N) is 1. The Labute approximate surface area is 254 Å². The van der Waals surface area contributed by atoms with Crippen molar-refractivity contribution in [2.45, 2.75) is 52.3 Å². The second kappa shape index (κ2) is 12.9. The fourth-order valence-electron chi connectivity index (χ4n) is 4.69. The van der Waals surface area contributed by atoms with Gasteiger partial charge >= 0.3 is 12.1 Å². The van der Waals surface area contributed by atoms with Gasteiger partial charge in [0.2, 0.25) is 0 Å². The van der Waals surface area contributed by atoms with Crippen molar-refractivity contribution in [2.24, 2.45) is 0 Å². The molecule has 1 heterocycles. The van der Waals surface area contributed by atoms with Crippen LogP contribution in [0.1, 0.15) is 53.4 Å². The normalized spacial score (nSPS) is 11.9. The van der Waals surface area contributed by atoms with Crippen LogP contribution in [-0.4, -0.2) is 44.1 Å². The number of carbonyl (C=O) groups is 3. The predicted molar refractivity (Wildman–Crippen MR) is 164 cm³/mol. The highest BCUT2D eigenvalue weighted by Gasteiger charge is 2.33. The summed E-state index contributed by atoms with van der Waals surface area (Å²) in [6, 6.07) is 20.7. The number of carboxylic acid groups (broad SMARTS) is 1. The second-order valence-electron chi connectivity index (χ2n) is 11.4. The number of aliphatic carboxylic acids is 1. The topological polar surface area (TPSA) is 132 Å². The number of pyridine rings is 1. The molecule has 0 aliphatic carbocycles. The first kappa shape index (κ1) is 31.7. The summed E-state index contributed by atoms with van der Waals surface area (Å²) >= 11 is 0. The van der Waals surface area contributed by atoms with Gasteiger partial charge in [-0.15, -0.1) is 0 Å². The molecule has 228 valence electrons. The summed E-state index contributed by atoms with van der Waals surface area (Å²) < 4.78 is 20.5. The van der Waals surface area contributed by atoms with E-state index in [2.05, 4.69) is 0 Å². The van der Waals surface area contributed by atoms with Crippen LogP contribution in [0.5, 0.6) is 0 Å².